The second-order valence-electron chi connectivity index (χ2n) is 4.23. The van der Waals surface area contributed by atoms with Crippen LogP contribution in [0.2, 0.25) is 0 Å². The first-order valence-electron chi connectivity index (χ1n) is 5.98. The Labute approximate surface area is 124 Å². The van der Waals surface area contributed by atoms with E-state index < -0.39 is 0 Å². The van der Waals surface area contributed by atoms with Gasteiger partial charge in [0.1, 0.15) is 4.60 Å². The van der Waals surface area contributed by atoms with Crippen LogP contribution in [0.3, 0.4) is 0 Å². The van der Waals surface area contributed by atoms with Gasteiger partial charge in [0.05, 0.1) is 11.6 Å². The van der Waals surface area contributed by atoms with E-state index in [0.717, 1.165) is 15.8 Å². The number of anilines is 1. The molecule has 98 valence electrons. The minimum absolute atomic E-state index is 0.623. The van der Waals surface area contributed by atoms with Gasteiger partial charge in [-0.1, -0.05) is 12.1 Å². The second-order valence-corrected chi connectivity index (χ2v) is 5.05. The van der Waals surface area contributed by atoms with Crippen LogP contribution in [0.4, 0.5) is 5.82 Å². The Kier molecular flexibility index (Phi) is 3.35. The number of hydrogen-bond donors (Lipinski definition) is 1. The summed E-state index contributed by atoms with van der Waals surface area (Å²) in [7, 11) is 0. The van der Waals surface area contributed by atoms with E-state index >= 15 is 0 Å². The molecule has 20 heavy (non-hydrogen) atoms. The fraction of sp³-hybridized carbons (Fsp3) is 0.0714. The van der Waals surface area contributed by atoms with Gasteiger partial charge >= 0.3 is 0 Å². The smallest absolute Gasteiger partial charge is 0.180 e. The van der Waals surface area contributed by atoms with Gasteiger partial charge in [-0.3, -0.25) is 0 Å². The molecule has 0 saturated carbocycles. The van der Waals surface area contributed by atoms with Gasteiger partial charge in [0.25, 0.3) is 0 Å². The summed E-state index contributed by atoms with van der Waals surface area (Å²) in [5.41, 5.74) is 2.52. The van der Waals surface area contributed by atoms with Gasteiger partial charge < -0.3 is 9.72 Å². The lowest BCUT2D eigenvalue weighted by Crippen LogP contribution is -2.04. The quantitative estimate of drug-likeness (QED) is 0.803. The van der Waals surface area contributed by atoms with E-state index in [-0.39, 0.29) is 0 Å². The lowest BCUT2D eigenvalue weighted by molar-refractivity contribution is 1.05. The minimum atomic E-state index is 0.623. The van der Waals surface area contributed by atoms with E-state index in [2.05, 4.69) is 37.3 Å². The third kappa shape index (κ3) is 2.49. The summed E-state index contributed by atoms with van der Waals surface area (Å²) in [5, 5.41) is 12.0. The molecule has 1 aromatic carbocycles. The number of nitrogens with zero attached hydrogens (tertiary/aromatic N) is 4. The summed E-state index contributed by atoms with van der Waals surface area (Å²) in [6, 6.07) is 9.55. The number of aromatic nitrogens is 3. The van der Waals surface area contributed by atoms with E-state index in [1.54, 1.807) is 18.3 Å². The Hall–Kier alpha value is -2.39. The molecular formula is C14H10BrN5. The normalized spacial score (nSPS) is 10.4. The maximum atomic E-state index is 8.77. The van der Waals surface area contributed by atoms with Crippen molar-refractivity contribution in [2.24, 2.45) is 0 Å². The highest BCUT2D eigenvalue weighted by Gasteiger charge is 2.06. The summed E-state index contributed by atoms with van der Waals surface area (Å²) in [4.78, 5) is 8.67. The number of benzene rings is 1. The van der Waals surface area contributed by atoms with Crippen molar-refractivity contribution in [1.82, 2.24) is 14.4 Å². The molecule has 0 unspecified atom stereocenters. The van der Waals surface area contributed by atoms with Crippen LogP contribution in [-0.2, 0) is 6.54 Å². The average Bonchev–Trinajstić information content (AvgIpc) is 2.93. The fourth-order valence-corrected chi connectivity index (χ4v) is 2.30. The number of nitriles is 1. The number of imidazole rings is 1. The molecule has 3 aromatic rings. The van der Waals surface area contributed by atoms with Crippen LogP contribution in [0.15, 0.2) is 47.5 Å². The van der Waals surface area contributed by atoms with E-state index in [4.69, 9.17) is 5.26 Å². The van der Waals surface area contributed by atoms with Gasteiger partial charge in [0, 0.05) is 25.1 Å². The SMILES string of the molecule is N#Cc1ccc(CNc2nc(Br)cn3ccnc23)cc1. The Bertz CT molecular complexity index is 785. The van der Waals surface area contributed by atoms with Gasteiger partial charge in [-0.15, -0.1) is 0 Å². The van der Waals surface area contributed by atoms with Crippen molar-refractivity contribution in [1.29, 1.82) is 5.26 Å². The van der Waals surface area contributed by atoms with Crippen molar-refractivity contribution >= 4 is 27.4 Å². The maximum absolute atomic E-state index is 8.77. The van der Waals surface area contributed by atoms with Gasteiger partial charge in [0.2, 0.25) is 0 Å². The monoisotopic (exact) mass is 327 g/mol. The van der Waals surface area contributed by atoms with Crippen molar-refractivity contribution in [2.75, 3.05) is 5.32 Å². The van der Waals surface area contributed by atoms with E-state index in [0.29, 0.717) is 17.9 Å². The molecule has 0 aliphatic carbocycles. The van der Waals surface area contributed by atoms with Crippen LogP contribution in [0.1, 0.15) is 11.1 Å². The molecule has 0 atom stereocenters. The summed E-state index contributed by atoms with van der Waals surface area (Å²) in [5.74, 6) is 0.716. The molecule has 0 amide bonds. The molecule has 0 aliphatic heterocycles. The lowest BCUT2D eigenvalue weighted by Gasteiger charge is -2.07. The molecule has 0 bridgehead atoms. The highest BCUT2D eigenvalue weighted by atomic mass is 79.9. The molecular weight excluding hydrogens is 318 g/mol. The minimum Gasteiger partial charge on any atom is -0.363 e. The molecule has 5 nitrogen and oxygen atoms in total. The predicted molar refractivity (Wildman–Crippen MR) is 79.2 cm³/mol. The molecule has 0 fully saturated rings. The summed E-state index contributed by atoms with van der Waals surface area (Å²) in [6.45, 7) is 0.623. The Morgan fingerprint density at radius 1 is 1.30 bits per heavy atom. The van der Waals surface area contributed by atoms with Crippen LogP contribution in [-0.4, -0.2) is 14.4 Å². The summed E-state index contributed by atoms with van der Waals surface area (Å²) in [6.07, 6.45) is 5.46. The zero-order chi connectivity index (χ0) is 13.9. The average molecular weight is 328 g/mol. The molecule has 1 N–H and O–H groups in total. The number of hydrogen-bond acceptors (Lipinski definition) is 4. The predicted octanol–water partition coefficient (Wildman–Crippen LogP) is 2.98. The van der Waals surface area contributed by atoms with E-state index in [1.165, 1.54) is 0 Å². The van der Waals surface area contributed by atoms with Crippen LogP contribution in [0, 0.1) is 11.3 Å². The van der Waals surface area contributed by atoms with E-state index in [1.807, 2.05) is 28.9 Å². The number of halogens is 1. The summed E-state index contributed by atoms with van der Waals surface area (Å²) >= 11 is 3.38. The van der Waals surface area contributed by atoms with E-state index in [9.17, 15) is 0 Å². The first-order chi connectivity index (χ1) is 9.76. The van der Waals surface area contributed by atoms with Gasteiger partial charge in [0.15, 0.2) is 11.5 Å². The third-order valence-corrected chi connectivity index (χ3v) is 3.27. The molecule has 0 spiro atoms. The molecule has 2 aromatic heterocycles. The Morgan fingerprint density at radius 2 is 2.10 bits per heavy atom. The second kappa shape index (κ2) is 5.31. The van der Waals surface area contributed by atoms with Gasteiger partial charge in [-0.25, -0.2) is 9.97 Å². The first-order valence-corrected chi connectivity index (χ1v) is 6.78. The van der Waals surface area contributed by atoms with Crippen LogP contribution < -0.4 is 5.32 Å². The number of fused-ring (bicyclic) bond motifs is 1. The highest BCUT2D eigenvalue weighted by molar-refractivity contribution is 9.10. The molecule has 0 aliphatic rings. The standard InChI is InChI=1S/C14H10BrN5/c15-12-9-20-6-5-17-14(20)13(19-12)18-8-11-3-1-10(7-16)2-4-11/h1-6,9H,8H2,(H,18,19). The molecule has 0 radical (unpaired) electrons. The van der Waals surface area contributed by atoms with Crippen LogP contribution >= 0.6 is 15.9 Å². The van der Waals surface area contributed by atoms with Crippen LogP contribution in [0.25, 0.3) is 5.65 Å². The van der Waals surface area contributed by atoms with Gasteiger partial charge in [-0.05, 0) is 33.6 Å². The largest absolute Gasteiger partial charge is 0.363 e. The van der Waals surface area contributed by atoms with Crippen molar-refractivity contribution in [3.05, 3.63) is 58.6 Å². The fourth-order valence-electron chi connectivity index (χ4n) is 1.90. The van der Waals surface area contributed by atoms with Crippen molar-refractivity contribution in [3.8, 4) is 6.07 Å². The summed E-state index contributed by atoms with van der Waals surface area (Å²) < 4.78 is 2.64. The zero-order valence-corrected chi connectivity index (χ0v) is 12.0. The van der Waals surface area contributed by atoms with Crippen molar-refractivity contribution in [3.63, 3.8) is 0 Å². The number of nitrogens with one attached hydrogen (secondary N) is 1. The maximum Gasteiger partial charge on any atom is 0.180 e. The van der Waals surface area contributed by atoms with Crippen molar-refractivity contribution in [2.45, 2.75) is 6.54 Å². The van der Waals surface area contributed by atoms with Crippen LogP contribution in [0.5, 0.6) is 0 Å². The molecule has 2 heterocycles. The molecule has 3 rings (SSSR count). The topological polar surface area (TPSA) is 66.0 Å². The highest BCUT2D eigenvalue weighted by Crippen LogP contribution is 2.17. The molecule has 6 heteroatoms. The van der Waals surface area contributed by atoms with Crippen molar-refractivity contribution < 1.29 is 0 Å². The third-order valence-electron chi connectivity index (χ3n) is 2.89. The first kappa shape index (κ1) is 12.6. The number of rotatable bonds is 3. The Morgan fingerprint density at radius 3 is 2.85 bits per heavy atom. The van der Waals surface area contributed by atoms with Gasteiger partial charge in [-0.2, -0.15) is 5.26 Å². The zero-order valence-electron chi connectivity index (χ0n) is 10.4. The lowest BCUT2D eigenvalue weighted by atomic mass is 10.1. The Balaban J connectivity index is 1.82. The molecule has 0 saturated heterocycles.